The van der Waals surface area contributed by atoms with E-state index in [2.05, 4.69) is 20.1 Å². The third kappa shape index (κ3) is 3.18. The lowest BCUT2D eigenvalue weighted by molar-refractivity contribution is 0.193. The van der Waals surface area contributed by atoms with Crippen LogP contribution in [-0.4, -0.2) is 40.4 Å². The lowest BCUT2D eigenvalue weighted by atomic mass is 10.0. The molecule has 0 unspecified atom stereocenters. The second kappa shape index (κ2) is 6.17. The molecule has 0 spiro atoms. The summed E-state index contributed by atoms with van der Waals surface area (Å²) >= 11 is 0. The van der Waals surface area contributed by atoms with Crippen molar-refractivity contribution in [1.29, 1.82) is 0 Å². The third-order valence-corrected chi connectivity index (χ3v) is 3.60. The number of aryl methyl sites for hydroxylation is 1. The van der Waals surface area contributed by atoms with E-state index in [1.807, 2.05) is 24.9 Å². The highest BCUT2D eigenvalue weighted by Crippen LogP contribution is 2.25. The lowest BCUT2D eigenvalue weighted by Gasteiger charge is -2.17. The van der Waals surface area contributed by atoms with Gasteiger partial charge in [0.2, 0.25) is 5.89 Å². The van der Waals surface area contributed by atoms with E-state index in [0.29, 0.717) is 24.2 Å². The highest BCUT2D eigenvalue weighted by atomic mass is 16.5. The van der Waals surface area contributed by atoms with Gasteiger partial charge in [-0.15, -0.1) is 0 Å². The van der Waals surface area contributed by atoms with Gasteiger partial charge in [0.05, 0.1) is 18.8 Å². The first-order chi connectivity index (χ1) is 10.3. The molecule has 1 aliphatic heterocycles. The number of nitrogens with zero attached hydrogens (tertiary/aromatic N) is 5. The lowest BCUT2D eigenvalue weighted by Crippen LogP contribution is -2.19. The van der Waals surface area contributed by atoms with E-state index in [1.165, 1.54) is 0 Å². The summed E-state index contributed by atoms with van der Waals surface area (Å²) in [5, 5.41) is 3.96. The number of hydrogen-bond donors (Lipinski definition) is 0. The molecule has 3 rings (SSSR count). The Morgan fingerprint density at radius 2 is 2.29 bits per heavy atom. The summed E-state index contributed by atoms with van der Waals surface area (Å²) in [6, 6.07) is 2.01. The van der Waals surface area contributed by atoms with Crippen molar-refractivity contribution in [3.05, 3.63) is 29.8 Å². The molecule has 112 valence electrons. The van der Waals surface area contributed by atoms with Gasteiger partial charge in [0.15, 0.2) is 5.82 Å². The summed E-state index contributed by atoms with van der Waals surface area (Å²) in [6.45, 7) is 4.09. The zero-order valence-electron chi connectivity index (χ0n) is 12.3. The quantitative estimate of drug-likeness (QED) is 0.826. The molecule has 0 aromatic carbocycles. The predicted molar refractivity (Wildman–Crippen MR) is 76.0 cm³/mol. The van der Waals surface area contributed by atoms with Crippen molar-refractivity contribution >= 4 is 5.82 Å². The molecule has 2 aromatic heterocycles. The fourth-order valence-corrected chi connectivity index (χ4v) is 2.35. The van der Waals surface area contributed by atoms with Crippen molar-refractivity contribution in [2.24, 2.45) is 0 Å². The number of hydrogen-bond acceptors (Lipinski definition) is 7. The molecule has 0 aliphatic carbocycles. The van der Waals surface area contributed by atoms with Crippen molar-refractivity contribution in [2.75, 3.05) is 25.2 Å². The SMILES string of the molecule is CCc1nc(CN(C)c2cc([C@H]3CCOC3)ncn2)no1. The molecule has 7 heteroatoms. The molecular formula is C14H19N5O2. The van der Waals surface area contributed by atoms with Gasteiger partial charge in [0, 0.05) is 32.1 Å². The Kier molecular flexibility index (Phi) is 4.10. The molecule has 1 fully saturated rings. The smallest absolute Gasteiger partial charge is 0.226 e. The maximum absolute atomic E-state index is 5.42. The van der Waals surface area contributed by atoms with Crippen LogP contribution in [0.25, 0.3) is 0 Å². The van der Waals surface area contributed by atoms with Gasteiger partial charge in [-0.05, 0) is 6.42 Å². The second-order valence-corrected chi connectivity index (χ2v) is 5.18. The maximum Gasteiger partial charge on any atom is 0.226 e. The summed E-state index contributed by atoms with van der Waals surface area (Å²) in [4.78, 5) is 15.0. The van der Waals surface area contributed by atoms with Crippen LogP contribution >= 0.6 is 0 Å². The van der Waals surface area contributed by atoms with Gasteiger partial charge in [0.1, 0.15) is 12.1 Å². The minimum Gasteiger partial charge on any atom is -0.381 e. The van der Waals surface area contributed by atoms with Gasteiger partial charge in [-0.2, -0.15) is 4.98 Å². The molecule has 21 heavy (non-hydrogen) atoms. The Bertz CT molecular complexity index is 595. The van der Waals surface area contributed by atoms with Crippen LogP contribution in [0.2, 0.25) is 0 Å². The number of aromatic nitrogens is 4. The first-order valence-electron chi connectivity index (χ1n) is 7.18. The normalized spacial score (nSPS) is 18.1. The van der Waals surface area contributed by atoms with Crippen molar-refractivity contribution < 1.29 is 9.26 Å². The van der Waals surface area contributed by atoms with Gasteiger partial charge in [-0.1, -0.05) is 12.1 Å². The molecule has 0 N–H and O–H groups in total. The van der Waals surface area contributed by atoms with Gasteiger partial charge in [-0.25, -0.2) is 9.97 Å². The van der Waals surface area contributed by atoms with Crippen LogP contribution in [0.15, 0.2) is 16.9 Å². The van der Waals surface area contributed by atoms with Crippen LogP contribution in [0.1, 0.15) is 36.7 Å². The summed E-state index contributed by atoms with van der Waals surface area (Å²) in [6.07, 6.45) is 3.37. The van der Waals surface area contributed by atoms with E-state index >= 15 is 0 Å². The Labute approximate surface area is 123 Å². The maximum atomic E-state index is 5.42. The molecule has 0 radical (unpaired) electrons. The molecule has 7 nitrogen and oxygen atoms in total. The fraction of sp³-hybridized carbons (Fsp3) is 0.571. The number of rotatable bonds is 5. The fourth-order valence-electron chi connectivity index (χ4n) is 2.35. The molecule has 0 saturated carbocycles. The Morgan fingerprint density at radius 3 is 3.00 bits per heavy atom. The van der Waals surface area contributed by atoms with Gasteiger partial charge >= 0.3 is 0 Å². The van der Waals surface area contributed by atoms with Crippen LogP contribution in [0.4, 0.5) is 5.82 Å². The zero-order valence-corrected chi connectivity index (χ0v) is 12.3. The Hall–Kier alpha value is -2.02. The molecule has 0 amide bonds. The number of anilines is 1. The van der Waals surface area contributed by atoms with Gasteiger partial charge in [-0.3, -0.25) is 0 Å². The monoisotopic (exact) mass is 289 g/mol. The summed E-state index contributed by atoms with van der Waals surface area (Å²) in [5.74, 6) is 2.55. The Balaban J connectivity index is 1.71. The molecular weight excluding hydrogens is 270 g/mol. The molecule has 1 atom stereocenters. The van der Waals surface area contributed by atoms with E-state index in [-0.39, 0.29) is 0 Å². The third-order valence-electron chi connectivity index (χ3n) is 3.60. The van der Waals surface area contributed by atoms with E-state index < -0.39 is 0 Å². The van der Waals surface area contributed by atoms with Crippen molar-refractivity contribution in [3.63, 3.8) is 0 Å². The molecule has 2 aromatic rings. The van der Waals surface area contributed by atoms with Gasteiger partial charge in [0.25, 0.3) is 0 Å². The zero-order chi connectivity index (χ0) is 14.7. The van der Waals surface area contributed by atoms with Crippen LogP contribution in [-0.2, 0) is 17.7 Å². The Morgan fingerprint density at radius 1 is 1.38 bits per heavy atom. The highest BCUT2D eigenvalue weighted by molar-refractivity contribution is 5.38. The minimum absolute atomic E-state index is 0.372. The molecule has 3 heterocycles. The second-order valence-electron chi connectivity index (χ2n) is 5.18. The van der Waals surface area contributed by atoms with Crippen LogP contribution in [0.3, 0.4) is 0 Å². The average Bonchev–Trinajstić information content (AvgIpc) is 3.18. The summed E-state index contributed by atoms with van der Waals surface area (Å²) < 4.78 is 10.5. The molecule has 1 aliphatic rings. The summed E-state index contributed by atoms with van der Waals surface area (Å²) in [5.41, 5.74) is 1.03. The standard InChI is InChI=1S/C14H19N5O2/c1-3-14-17-12(18-21-14)7-19(2)13-6-11(15-9-16-13)10-4-5-20-8-10/h6,9-10H,3-5,7-8H2,1-2H3/t10-/m0/s1. The van der Waals surface area contributed by atoms with Crippen molar-refractivity contribution in [1.82, 2.24) is 20.1 Å². The van der Waals surface area contributed by atoms with E-state index in [0.717, 1.165) is 37.6 Å². The largest absolute Gasteiger partial charge is 0.381 e. The molecule has 0 bridgehead atoms. The van der Waals surface area contributed by atoms with Crippen LogP contribution < -0.4 is 4.90 Å². The topological polar surface area (TPSA) is 77.2 Å². The van der Waals surface area contributed by atoms with E-state index in [1.54, 1.807) is 6.33 Å². The first-order valence-corrected chi connectivity index (χ1v) is 7.18. The summed E-state index contributed by atoms with van der Waals surface area (Å²) in [7, 11) is 1.96. The molecule has 1 saturated heterocycles. The van der Waals surface area contributed by atoms with Crippen molar-refractivity contribution in [3.8, 4) is 0 Å². The highest BCUT2D eigenvalue weighted by Gasteiger charge is 2.20. The van der Waals surface area contributed by atoms with Gasteiger partial charge < -0.3 is 14.2 Å². The predicted octanol–water partition coefficient (Wildman–Crippen LogP) is 1.56. The van der Waals surface area contributed by atoms with Crippen molar-refractivity contribution in [2.45, 2.75) is 32.2 Å². The minimum atomic E-state index is 0.372. The van der Waals surface area contributed by atoms with Crippen LogP contribution in [0.5, 0.6) is 0 Å². The first kappa shape index (κ1) is 13.9. The van der Waals surface area contributed by atoms with E-state index in [9.17, 15) is 0 Å². The van der Waals surface area contributed by atoms with Crippen LogP contribution in [0, 0.1) is 0 Å². The number of ether oxygens (including phenoxy) is 1. The van der Waals surface area contributed by atoms with E-state index in [4.69, 9.17) is 9.26 Å². The average molecular weight is 289 g/mol.